The lowest BCUT2D eigenvalue weighted by molar-refractivity contribution is 1.48. The van der Waals surface area contributed by atoms with Gasteiger partial charge < -0.3 is 4.98 Å². The van der Waals surface area contributed by atoms with E-state index in [0.717, 1.165) is 37.9 Å². The van der Waals surface area contributed by atoms with Crippen molar-refractivity contribution in [3.05, 3.63) is 53.1 Å². The monoisotopic (exact) mass is 266 g/mol. The van der Waals surface area contributed by atoms with Crippen LogP contribution in [0.25, 0.3) is 32.8 Å². The Labute approximate surface area is 115 Å². The first-order valence-corrected chi connectivity index (χ1v) is 6.58. The molecule has 4 aromatic rings. The summed E-state index contributed by atoms with van der Waals surface area (Å²) in [6, 6.07) is 14.3. The summed E-state index contributed by atoms with van der Waals surface area (Å²) >= 11 is 6.51. The smallest absolute Gasteiger partial charge is 0.0980 e. The average molecular weight is 267 g/mol. The molecule has 2 aromatic carbocycles. The molecule has 2 aromatic heterocycles. The van der Waals surface area contributed by atoms with Crippen LogP contribution in [0.5, 0.6) is 0 Å². The fourth-order valence-electron chi connectivity index (χ4n) is 2.58. The predicted molar refractivity (Wildman–Crippen MR) is 80.9 cm³/mol. The van der Waals surface area contributed by atoms with Crippen LogP contribution in [0.1, 0.15) is 5.56 Å². The maximum atomic E-state index is 6.51. The van der Waals surface area contributed by atoms with Crippen LogP contribution in [-0.4, -0.2) is 9.97 Å². The number of benzene rings is 2. The Bertz CT molecular complexity index is 938. The molecule has 0 spiro atoms. The number of aryl methyl sites for hydroxylation is 1. The quantitative estimate of drug-likeness (QED) is 0.485. The van der Waals surface area contributed by atoms with Gasteiger partial charge in [-0.2, -0.15) is 0 Å². The van der Waals surface area contributed by atoms with Gasteiger partial charge in [-0.05, 0) is 25.1 Å². The SMILES string of the molecule is Cc1ccc2[nH]c3c(Cl)c4ccccc4nc3c2c1. The molecule has 0 saturated heterocycles. The third-order valence-electron chi connectivity index (χ3n) is 3.52. The Kier molecular flexibility index (Phi) is 2.12. The van der Waals surface area contributed by atoms with Crippen molar-refractivity contribution in [2.24, 2.45) is 0 Å². The highest BCUT2D eigenvalue weighted by Gasteiger charge is 2.12. The Balaban J connectivity index is 2.30. The van der Waals surface area contributed by atoms with Crippen LogP contribution in [0.4, 0.5) is 0 Å². The summed E-state index contributed by atoms with van der Waals surface area (Å²) in [6.07, 6.45) is 0. The van der Waals surface area contributed by atoms with Gasteiger partial charge in [0.05, 0.1) is 21.6 Å². The molecule has 0 bridgehead atoms. The Morgan fingerprint density at radius 3 is 2.79 bits per heavy atom. The van der Waals surface area contributed by atoms with Gasteiger partial charge in [0.15, 0.2) is 0 Å². The maximum Gasteiger partial charge on any atom is 0.0980 e. The standard InChI is InChI=1S/C16H11ClN2/c1-9-6-7-13-11(8-9)15-16(19-13)14(17)10-4-2-3-5-12(10)18-15/h2-8,19H,1H3. The lowest BCUT2D eigenvalue weighted by Gasteiger charge is -2.01. The van der Waals surface area contributed by atoms with Crippen LogP contribution in [0.15, 0.2) is 42.5 Å². The van der Waals surface area contributed by atoms with E-state index in [1.165, 1.54) is 5.56 Å². The zero-order valence-electron chi connectivity index (χ0n) is 10.4. The van der Waals surface area contributed by atoms with E-state index in [-0.39, 0.29) is 0 Å². The van der Waals surface area contributed by atoms with Crippen molar-refractivity contribution in [2.45, 2.75) is 6.92 Å². The van der Waals surface area contributed by atoms with Gasteiger partial charge in [0.1, 0.15) is 0 Å². The number of aromatic amines is 1. The van der Waals surface area contributed by atoms with Gasteiger partial charge >= 0.3 is 0 Å². The number of fused-ring (bicyclic) bond motifs is 4. The van der Waals surface area contributed by atoms with Crippen molar-refractivity contribution in [3.8, 4) is 0 Å². The van der Waals surface area contributed by atoms with Crippen LogP contribution in [0.3, 0.4) is 0 Å². The molecular formula is C16H11ClN2. The first-order valence-electron chi connectivity index (χ1n) is 6.20. The minimum Gasteiger partial charge on any atom is -0.352 e. The zero-order chi connectivity index (χ0) is 13.0. The molecule has 4 rings (SSSR count). The second-order valence-electron chi connectivity index (χ2n) is 4.84. The zero-order valence-corrected chi connectivity index (χ0v) is 11.1. The summed E-state index contributed by atoms with van der Waals surface area (Å²) in [4.78, 5) is 8.12. The third-order valence-corrected chi connectivity index (χ3v) is 3.91. The molecule has 0 unspecified atom stereocenters. The van der Waals surface area contributed by atoms with Crippen molar-refractivity contribution in [1.82, 2.24) is 9.97 Å². The molecule has 0 atom stereocenters. The lowest BCUT2D eigenvalue weighted by Crippen LogP contribution is -1.82. The van der Waals surface area contributed by atoms with Crippen LogP contribution in [0, 0.1) is 6.92 Å². The van der Waals surface area contributed by atoms with Crippen molar-refractivity contribution < 1.29 is 0 Å². The number of para-hydroxylation sites is 1. The Morgan fingerprint density at radius 2 is 1.89 bits per heavy atom. The molecule has 2 heterocycles. The predicted octanol–water partition coefficient (Wildman–Crippen LogP) is 4.83. The normalized spacial score (nSPS) is 11.7. The van der Waals surface area contributed by atoms with Crippen LogP contribution >= 0.6 is 11.6 Å². The van der Waals surface area contributed by atoms with Crippen molar-refractivity contribution in [2.75, 3.05) is 0 Å². The third kappa shape index (κ3) is 1.47. The molecule has 0 radical (unpaired) electrons. The summed E-state index contributed by atoms with van der Waals surface area (Å²) < 4.78 is 0. The number of halogens is 1. The molecule has 0 fully saturated rings. The van der Waals surface area contributed by atoms with Gasteiger partial charge in [-0.25, -0.2) is 4.98 Å². The van der Waals surface area contributed by atoms with Crippen molar-refractivity contribution >= 4 is 44.4 Å². The number of H-pyrrole nitrogens is 1. The number of aromatic nitrogens is 2. The van der Waals surface area contributed by atoms with Crippen LogP contribution in [0.2, 0.25) is 5.02 Å². The van der Waals surface area contributed by atoms with Crippen LogP contribution in [-0.2, 0) is 0 Å². The summed E-state index contributed by atoms with van der Waals surface area (Å²) in [6.45, 7) is 2.08. The fraction of sp³-hybridized carbons (Fsp3) is 0.0625. The second-order valence-corrected chi connectivity index (χ2v) is 5.22. The van der Waals surface area contributed by atoms with Crippen molar-refractivity contribution in [1.29, 1.82) is 0 Å². The maximum absolute atomic E-state index is 6.51. The molecular weight excluding hydrogens is 256 g/mol. The fourth-order valence-corrected chi connectivity index (χ4v) is 2.87. The largest absolute Gasteiger partial charge is 0.352 e. The van der Waals surface area contributed by atoms with E-state index in [1.807, 2.05) is 24.3 Å². The number of rotatable bonds is 0. The number of nitrogens with zero attached hydrogens (tertiary/aromatic N) is 1. The van der Waals surface area contributed by atoms with Gasteiger partial charge in [0.2, 0.25) is 0 Å². The van der Waals surface area contributed by atoms with Gasteiger partial charge in [-0.1, -0.05) is 41.4 Å². The molecule has 3 heteroatoms. The number of nitrogens with one attached hydrogen (secondary N) is 1. The summed E-state index contributed by atoms with van der Waals surface area (Å²) in [5.74, 6) is 0. The second kappa shape index (κ2) is 3.72. The first kappa shape index (κ1) is 10.8. The van der Waals surface area contributed by atoms with E-state index in [2.05, 4.69) is 30.1 Å². The van der Waals surface area contributed by atoms with E-state index in [0.29, 0.717) is 0 Å². The van der Waals surface area contributed by atoms with E-state index < -0.39 is 0 Å². The van der Waals surface area contributed by atoms with E-state index in [1.54, 1.807) is 0 Å². The average Bonchev–Trinajstić information content (AvgIpc) is 2.78. The van der Waals surface area contributed by atoms with Gasteiger partial charge in [-0.15, -0.1) is 0 Å². The molecule has 0 aliphatic carbocycles. The highest BCUT2D eigenvalue weighted by atomic mass is 35.5. The molecule has 0 amide bonds. The first-order chi connectivity index (χ1) is 9.24. The van der Waals surface area contributed by atoms with Gasteiger partial charge in [0, 0.05) is 16.3 Å². The molecule has 1 N–H and O–H groups in total. The number of pyridine rings is 1. The molecule has 92 valence electrons. The number of hydrogen-bond acceptors (Lipinski definition) is 1. The Hall–Kier alpha value is -2.06. The van der Waals surface area contributed by atoms with Gasteiger partial charge in [-0.3, -0.25) is 0 Å². The summed E-state index contributed by atoms with van der Waals surface area (Å²) in [5, 5.41) is 2.86. The molecule has 2 nitrogen and oxygen atoms in total. The van der Waals surface area contributed by atoms with E-state index in [9.17, 15) is 0 Å². The molecule has 0 aliphatic rings. The summed E-state index contributed by atoms with van der Waals surface area (Å²) in [7, 11) is 0. The highest BCUT2D eigenvalue weighted by Crippen LogP contribution is 2.34. The Morgan fingerprint density at radius 1 is 1.05 bits per heavy atom. The molecule has 19 heavy (non-hydrogen) atoms. The van der Waals surface area contributed by atoms with E-state index >= 15 is 0 Å². The molecule has 0 aliphatic heterocycles. The number of hydrogen-bond donors (Lipinski definition) is 1. The lowest BCUT2D eigenvalue weighted by atomic mass is 10.1. The van der Waals surface area contributed by atoms with Crippen molar-refractivity contribution in [3.63, 3.8) is 0 Å². The molecule has 0 saturated carbocycles. The minimum absolute atomic E-state index is 0.745. The van der Waals surface area contributed by atoms with Crippen LogP contribution < -0.4 is 0 Å². The topological polar surface area (TPSA) is 28.7 Å². The highest BCUT2D eigenvalue weighted by molar-refractivity contribution is 6.40. The van der Waals surface area contributed by atoms with Gasteiger partial charge in [0.25, 0.3) is 0 Å². The minimum atomic E-state index is 0.745. The summed E-state index contributed by atoms with van der Waals surface area (Å²) in [5.41, 5.74) is 5.09. The van der Waals surface area contributed by atoms with E-state index in [4.69, 9.17) is 16.6 Å².